The highest BCUT2D eigenvalue weighted by Gasteiger charge is 2.45. The molecule has 0 bridgehead atoms. The highest BCUT2D eigenvalue weighted by atomic mass is 35.5. The van der Waals surface area contributed by atoms with E-state index in [-0.39, 0.29) is 104 Å². The molecule has 13 atom stereocenters. The van der Waals surface area contributed by atoms with E-state index < -0.39 is 96.6 Å². The minimum absolute atomic E-state index is 0. The molecule has 1 saturated heterocycles. The third-order valence-corrected chi connectivity index (χ3v) is 20.5. The predicted octanol–water partition coefficient (Wildman–Crippen LogP) is 18.7. The number of carbonyl (C=O) groups excluding carboxylic acids is 2. The molecule has 23 heteroatoms. The van der Waals surface area contributed by atoms with E-state index in [9.17, 15) is 65.6 Å². The van der Waals surface area contributed by atoms with Gasteiger partial charge in [0, 0.05) is 97.1 Å². The third-order valence-electron chi connectivity index (χ3n) is 20.1. The summed E-state index contributed by atoms with van der Waals surface area (Å²) in [6, 6.07) is 27.1. The summed E-state index contributed by atoms with van der Waals surface area (Å²) in [5.41, 5.74) is 10.4. The van der Waals surface area contributed by atoms with Crippen LogP contribution in [0.3, 0.4) is 0 Å². The van der Waals surface area contributed by atoms with Gasteiger partial charge in [0.05, 0.1) is 46.3 Å². The Morgan fingerprint density at radius 1 is 0.550 bits per heavy atom. The standard InChI is InChI=1S/C30H28F3N3O3.C23H18F3N3O.C22H17ClF3NO2.2CH4/c1-16(37)39-30-25(33)14-22-19(20-7-8-24(32)23-13-18(31)12-17(15-34)28(20)23)5-6-21(29(22)30)26-9-10-35-36(26)27-4-2-3-11-38-27;24-12-7-11(10-27)21-14(3-4-18(25)17(21)8-12)13-1-2-15(20-5-6-28-29-20)22-16(13)9-19(26)23(22)30;1-10(28)29-22-19(26)8-15-13(2-4-17(23)21(15)22)14-3-5-18(25)16-7-12(24)6-11(9-27)20(14)16;;/h5-6,9-10,12-13,20,24-25,27,30H,2-4,7-8,11,14H2,1H3;1-2,5-8,14,18-19,23,30H,3-4,9H2,(H,28,29);2,4,6-7,14,18-19,22H,3,5,8H2,1H3;2*1H4/t20-,24+,25-,27?,30-;14-,18+,19-,23-;14-,18+,19-,22-;;/m111../s1. The molecule has 0 amide bonds. The number of alkyl halides is 6. The molecule has 1 fully saturated rings. The molecule has 2 aromatic heterocycles. The fraction of sp³-hybridized carbons (Fsp3) is 0.390. The number of nitrogens with zero attached hydrogens (tertiary/aromatic N) is 6. The van der Waals surface area contributed by atoms with Gasteiger partial charge < -0.3 is 19.3 Å². The highest BCUT2D eigenvalue weighted by Crippen LogP contribution is 2.55. The van der Waals surface area contributed by atoms with Crippen molar-refractivity contribution in [1.29, 1.82) is 15.8 Å². The summed E-state index contributed by atoms with van der Waals surface area (Å²) in [4.78, 5) is 23.5. The van der Waals surface area contributed by atoms with Crippen molar-refractivity contribution < 1.29 is 68.4 Å². The number of rotatable bonds is 8. The summed E-state index contributed by atoms with van der Waals surface area (Å²) in [6.07, 6.45) is -4.52. The number of carbonyl (C=O) groups is 2. The number of nitrogens with one attached hydrogen (secondary N) is 1. The lowest BCUT2D eigenvalue weighted by Crippen LogP contribution is -2.21. The van der Waals surface area contributed by atoms with Gasteiger partial charge in [0.15, 0.2) is 18.4 Å². The van der Waals surface area contributed by atoms with Gasteiger partial charge in [-0.15, -0.1) is 0 Å². The molecule has 2 N–H and O–H groups in total. The van der Waals surface area contributed by atoms with Gasteiger partial charge >= 0.3 is 11.9 Å². The number of benzene rings is 6. The topological polar surface area (TPSA) is 200 Å². The monoisotopic (exact) mass is 1400 g/mol. The number of fused-ring (bicyclic) bond motifs is 6. The van der Waals surface area contributed by atoms with Crippen LogP contribution in [-0.2, 0) is 43.1 Å². The number of hydrogen-bond acceptors (Lipinski definition) is 11. The maximum absolute atomic E-state index is 15.6. The van der Waals surface area contributed by atoms with E-state index in [0.717, 1.165) is 72.5 Å². The van der Waals surface area contributed by atoms with Crippen molar-refractivity contribution in [3.63, 3.8) is 0 Å². The molecular formula is C77H71ClF9N7O6. The van der Waals surface area contributed by atoms with E-state index in [0.29, 0.717) is 98.3 Å². The van der Waals surface area contributed by atoms with Gasteiger partial charge in [-0.05, 0) is 185 Å². The Labute approximate surface area is 577 Å². The minimum atomic E-state index is -1.48. The molecular weight excluding hydrogens is 1330 g/mol. The fourth-order valence-electron chi connectivity index (χ4n) is 16.2. The van der Waals surface area contributed by atoms with Crippen LogP contribution in [-0.4, -0.2) is 62.1 Å². The summed E-state index contributed by atoms with van der Waals surface area (Å²) in [6.45, 7) is 3.08. The van der Waals surface area contributed by atoms with Crippen molar-refractivity contribution in [3.8, 4) is 40.7 Å². The highest BCUT2D eigenvalue weighted by molar-refractivity contribution is 6.31. The number of hydrogen-bond donors (Lipinski definition) is 2. The van der Waals surface area contributed by atoms with Crippen molar-refractivity contribution in [2.75, 3.05) is 6.61 Å². The Bertz CT molecular complexity index is 4600. The summed E-state index contributed by atoms with van der Waals surface area (Å²) >= 11 is 6.31. The first-order valence-electron chi connectivity index (χ1n) is 32.5. The van der Waals surface area contributed by atoms with Gasteiger partial charge in [-0.25, -0.2) is 44.2 Å². The molecule has 1 unspecified atom stereocenters. The van der Waals surface area contributed by atoms with Crippen LogP contribution in [0.15, 0.2) is 97.3 Å². The van der Waals surface area contributed by atoms with Crippen LogP contribution in [0.2, 0.25) is 5.02 Å². The number of nitriles is 3. The number of aromatic nitrogens is 4. The van der Waals surface area contributed by atoms with Crippen LogP contribution in [0.25, 0.3) is 22.5 Å². The van der Waals surface area contributed by atoms with E-state index in [4.69, 9.17) is 25.8 Å². The molecule has 13 nitrogen and oxygen atoms in total. The van der Waals surface area contributed by atoms with Crippen LogP contribution >= 0.6 is 11.6 Å². The summed E-state index contributed by atoms with van der Waals surface area (Å²) in [5.74, 6) is -4.38. The van der Waals surface area contributed by atoms with Crippen molar-refractivity contribution in [2.24, 2.45) is 0 Å². The third kappa shape index (κ3) is 13.2. The van der Waals surface area contributed by atoms with Crippen molar-refractivity contribution in [1.82, 2.24) is 20.0 Å². The Hall–Kier alpha value is -9.27. The number of halogens is 10. The van der Waals surface area contributed by atoms with Crippen LogP contribution in [0.4, 0.5) is 39.5 Å². The van der Waals surface area contributed by atoms with Gasteiger partial charge in [0.25, 0.3) is 0 Å². The predicted molar refractivity (Wildman–Crippen MR) is 353 cm³/mol. The summed E-state index contributed by atoms with van der Waals surface area (Å²) in [7, 11) is 0. The van der Waals surface area contributed by atoms with Crippen LogP contribution < -0.4 is 0 Å². The molecule has 6 aliphatic carbocycles. The summed E-state index contributed by atoms with van der Waals surface area (Å²) < 4.78 is 150. The second kappa shape index (κ2) is 29.5. The van der Waals surface area contributed by atoms with Gasteiger partial charge in [-0.2, -0.15) is 26.0 Å². The van der Waals surface area contributed by atoms with Crippen LogP contribution in [0.5, 0.6) is 0 Å². The number of H-pyrrole nitrogens is 1. The zero-order valence-electron chi connectivity index (χ0n) is 52.9. The van der Waals surface area contributed by atoms with E-state index >= 15 is 4.39 Å². The maximum Gasteiger partial charge on any atom is 0.303 e. The lowest BCUT2D eigenvalue weighted by molar-refractivity contribution is -0.150. The average Bonchev–Trinajstić information content (AvgIpc) is 1.47. The van der Waals surface area contributed by atoms with Crippen molar-refractivity contribution >= 4 is 23.5 Å². The van der Waals surface area contributed by atoms with E-state index in [2.05, 4.69) is 15.3 Å². The van der Waals surface area contributed by atoms with Gasteiger partial charge in [-0.3, -0.25) is 14.7 Å². The fourth-order valence-corrected chi connectivity index (χ4v) is 16.5. The number of ether oxygens (including phenoxy) is 3. The number of aliphatic hydroxyl groups is 1. The van der Waals surface area contributed by atoms with Gasteiger partial charge in [0.1, 0.15) is 60.6 Å². The van der Waals surface area contributed by atoms with E-state index in [1.165, 1.54) is 13.8 Å². The molecule has 6 aromatic carbocycles. The van der Waals surface area contributed by atoms with E-state index in [1.54, 1.807) is 41.3 Å². The number of aliphatic hydroxyl groups excluding tert-OH is 1. The molecule has 520 valence electrons. The molecule has 0 radical (unpaired) electrons. The number of esters is 2. The second-order valence-corrected chi connectivity index (χ2v) is 26.2. The molecule has 0 saturated carbocycles. The number of aromatic amines is 1. The normalized spacial score (nSPS) is 24.9. The smallest absolute Gasteiger partial charge is 0.303 e. The first-order chi connectivity index (χ1) is 47.2. The zero-order valence-corrected chi connectivity index (χ0v) is 53.6. The Morgan fingerprint density at radius 2 is 1.00 bits per heavy atom. The minimum Gasteiger partial charge on any atom is -0.454 e. The van der Waals surface area contributed by atoms with E-state index in [1.807, 2.05) is 42.5 Å². The molecule has 100 heavy (non-hydrogen) atoms. The molecule has 15 rings (SSSR count). The SMILES string of the molecule is C.C.CC(=O)O[C@H]1c2c(-c3ccnn3C3CCCCO3)ccc([C@H]3CC[C@H](F)c4cc(F)cc(C#N)c43)c2C[C@H]1F.CC(=O)O[C@H]1c2c(Cl)ccc([C@H]3CC[C@H](F)c4cc(F)cc(C#N)c43)c2C[C@H]1F.N#Cc1cc(F)cc2c1[C@@H](c1ccc(-c3ccn[nH]3)c3c1C[C@@H](F)[C@H]3O)CC[C@@H]2F. The first kappa shape index (κ1) is 72.0. The van der Waals surface area contributed by atoms with Crippen LogP contribution in [0, 0.1) is 51.4 Å². The largest absolute Gasteiger partial charge is 0.454 e. The second-order valence-electron chi connectivity index (χ2n) is 25.8. The zero-order chi connectivity index (χ0) is 69.1. The van der Waals surface area contributed by atoms with Crippen molar-refractivity contribution in [3.05, 3.63) is 220 Å². The molecule has 0 spiro atoms. The van der Waals surface area contributed by atoms with Crippen LogP contribution in [0.1, 0.15) is 247 Å². The Balaban J connectivity index is 0.000000152. The lowest BCUT2D eigenvalue weighted by atomic mass is 9.74. The molecule has 1 aliphatic heterocycles. The molecule has 7 aliphatic rings. The first-order valence-corrected chi connectivity index (χ1v) is 32.9. The Morgan fingerprint density at radius 3 is 1.45 bits per heavy atom. The van der Waals surface area contributed by atoms with Gasteiger partial charge in [-0.1, -0.05) is 56.8 Å². The summed E-state index contributed by atoms with van der Waals surface area (Å²) in [5, 5.41) is 51.0. The van der Waals surface area contributed by atoms with Gasteiger partial charge in [0.2, 0.25) is 0 Å². The lowest BCUT2D eigenvalue weighted by Gasteiger charge is -2.31. The Kier molecular flexibility index (Phi) is 21.2. The quantitative estimate of drug-likeness (QED) is 0.108. The maximum atomic E-state index is 15.6. The molecule has 8 aromatic rings. The average molecular weight is 1400 g/mol. The van der Waals surface area contributed by atoms with Crippen molar-refractivity contribution in [2.45, 2.75) is 185 Å². The molecule has 3 heterocycles.